The highest BCUT2D eigenvalue weighted by Gasteiger charge is 2.12. The normalized spacial score (nSPS) is 17.5. The van der Waals surface area contributed by atoms with Crippen LogP contribution in [0.25, 0.3) is 0 Å². The number of hydrogen-bond acceptors (Lipinski definition) is 4. The van der Waals surface area contributed by atoms with Crippen molar-refractivity contribution < 1.29 is 0 Å². The second-order valence-corrected chi connectivity index (χ2v) is 5.15. The van der Waals surface area contributed by atoms with Crippen LogP contribution in [0.2, 0.25) is 0 Å². The molecule has 2 N–H and O–H groups in total. The van der Waals surface area contributed by atoms with E-state index in [1.54, 1.807) is 18.0 Å². The number of hydrogen-bond donors (Lipinski definition) is 2. The topological polar surface area (TPSA) is 57.8 Å². The van der Waals surface area contributed by atoms with E-state index in [0.29, 0.717) is 0 Å². The summed E-state index contributed by atoms with van der Waals surface area (Å²) in [6.45, 7) is 2.30. The van der Waals surface area contributed by atoms with Crippen molar-refractivity contribution in [2.24, 2.45) is 5.92 Å². The Morgan fingerprint density at radius 2 is 2.25 bits per heavy atom. The molecule has 0 atom stereocenters. The minimum absolute atomic E-state index is 0.0700. The lowest BCUT2D eigenvalue weighted by molar-refractivity contribution is 0.367. The molecule has 0 bridgehead atoms. The van der Waals surface area contributed by atoms with Gasteiger partial charge in [-0.1, -0.05) is 11.8 Å². The minimum atomic E-state index is -0.0700. The van der Waals surface area contributed by atoms with Gasteiger partial charge < -0.3 is 10.3 Å². The Morgan fingerprint density at radius 1 is 1.44 bits per heavy atom. The van der Waals surface area contributed by atoms with E-state index in [1.807, 2.05) is 0 Å². The summed E-state index contributed by atoms with van der Waals surface area (Å²) in [5, 5.41) is 4.10. The summed E-state index contributed by atoms with van der Waals surface area (Å²) in [7, 11) is 0. The van der Waals surface area contributed by atoms with Crippen LogP contribution in [-0.2, 0) is 0 Å². The van der Waals surface area contributed by atoms with E-state index in [1.165, 1.54) is 25.3 Å². The fraction of sp³-hybridized carbons (Fsp3) is 0.636. The molecule has 1 aliphatic rings. The zero-order valence-corrected chi connectivity index (χ0v) is 10.1. The number of rotatable bonds is 4. The molecular formula is C11H17N3OS. The van der Waals surface area contributed by atoms with Gasteiger partial charge >= 0.3 is 0 Å². The van der Waals surface area contributed by atoms with E-state index in [2.05, 4.69) is 15.3 Å². The molecule has 1 aromatic heterocycles. The average Bonchev–Trinajstić information content (AvgIpc) is 2.30. The summed E-state index contributed by atoms with van der Waals surface area (Å²) in [5.74, 6) is 1.88. The molecule has 4 nitrogen and oxygen atoms in total. The molecule has 2 heterocycles. The molecule has 0 spiro atoms. The number of H-pyrrole nitrogens is 1. The largest absolute Gasteiger partial charge is 0.317 e. The highest BCUT2D eigenvalue weighted by molar-refractivity contribution is 7.99. The summed E-state index contributed by atoms with van der Waals surface area (Å²) in [6, 6.07) is 1.44. The molecule has 5 heteroatoms. The standard InChI is InChI=1S/C11H17N3OS/c15-10-3-7-13-11(14-10)16-8-4-9-1-5-12-6-2-9/h3,7,9,12H,1-2,4-6,8H2,(H,13,14,15). The number of aromatic amines is 1. The Bertz CT molecular complexity index is 373. The van der Waals surface area contributed by atoms with Crippen LogP contribution >= 0.6 is 11.8 Å². The van der Waals surface area contributed by atoms with Crippen molar-refractivity contribution in [3.05, 3.63) is 22.6 Å². The Hall–Kier alpha value is -0.810. The van der Waals surface area contributed by atoms with Crippen LogP contribution < -0.4 is 10.9 Å². The molecule has 0 amide bonds. The molecule has 0 saturated carbocycles. The molecule has 0 radical (unpaired) electrons. The number of nitrogens with zero attached hydrogens (tertiary/aromatic N) is 1. The molecular weight excluding hydrogens is 222 g/mol. The van der Waals surface area contributed by atoms with Crippen molar-refractivity contribution >= 4 is 11.8 Å². The van der Waals surface area contributed by atoms with Crippen molar-refractivity contribution in [3.8, 4) is 0 Å². The van der Waals surface area contributed by atoms with Crippen LogP contribution in [0.15, 0.2) is 22.2 Å². The first-order chi connectivity index (χ1) is 7.84. The first-order valence-electron chi connectivity index (χ1n) is 5.73. The van der Waals surface area contributed by atoms with E-state index in [4.69, 9.17) is 0 Å². The molecule has 0 aliphatic carbocycles. The van der Waals surface area contributed by atoms with E-state index in [-0.39, 0.29) is 5.56 Å². The number of aromatic nitrogens is 2. The first kappa shape index (κ1) is 11.7. The average molecular weight is 239 g/mol. The van der Waals surface area contributed by atoms with Crippen LogP contribution in [0.3, 0.4) is 0 Å². The lowest BCUT2D eigenvalue weighted by atomic mass is 9.96. The van der Waals surface area contributed by atoms with Crippen molar-refractivity contribution in [3.63, 3.8) is 0 Å². The maximum Gasteiger partial charge on any atom is 0.251 e. The summed E-state index contributed by atoms with van der Waals surface area (Å²) < 4.78 is 0. The Morgan fingerprint density at radius 3 is 3.00 bits per heavy atom. The van der Waals surface area contributed by atoms with Crippen molar-refractivity contribution in [1.29, 1.82) is 0 Å². The van der Waals surface area contributed by atoms with E-state index >= 15 is 0 Å². The van der Waals surface area contributed by atoms with Gasteiger partial charge in [-0.15, -0.1) is 0 Å². The maximum atomic E-state index is 11.0. The Labute approximate surface area is 99.3 Å². The van der Waals surface area contributed by atoms with Crippen molar-refractivity contribution in [1.82, 2.24) is 15.3 Å². The summed E-state index contributed by atoms with van der Waals surface area (Å²) in [5.41, 5.74) is -0.0700. The summed E-state index contributed by atoms with van der Waals surface area (Å²) in [4.78, 5) is 17.9. The molecule has 1 aromatic rings. The second-order valence-electron chi connectivity index (χ2n) is 4.07. The molecule has 1 aliphatic heterocycles. The fourth-order valence-corrected chi connectivity index (χ4v) is 2.87. The molecule has 16 heavy (non-hydrogen) atoms. The van der Waals surface area contributed by atoms with Crippen LogP contribution in [-0.4, -0.2) is 28.8 Å². The Kier molecular flexibility index (Phi) is 4.42. The first-order valence-corrected chi connectivity index (χ1v) is 6.72. The van der Waals surface area contributed by atoms with E-state index in [0.717, 1.165) is 29.9 Å². The summed E-state index contributed by atoms with van der Waals surface area (Å²) in [6.07, 6.45) is 5.33. The van der Waals surface area contributed by atoms with Gasteiger partial charge in [-0.3, -0.25) is 4.79 Å². The van der Waals surface area contributed by atoms with Gasteiger partial charge in [0.25, 0.3) is 5.56 Å². The Balaban J connectivity index is 1.73. The minimum Gasteiger partial charge on any atom is -0.317 e. The number of thioether (sulfide) groups is 1. The predicted octanol–water partition coefficient (Wildman–Crippen LogP) is 1.25. The smallest absolute Gasteiger partial charge is 0.251 e. The molecule has 2 rings (SSSR count). The third-order valence-electron chi connectivity index (χ3n) is 2.87. The van der Waals surface area contributed by atoms with Gasteiger partial charge in [0.1, 0.15) is 0 Å². The lowest BCUT2D eigenvalue weighted by Crippen LogP contribution is -2.27. The highest BCUT2D eigenvalue weighted by Crippen LogP contribution is 2.20. The second kappa shape index (κ2) is 6.06. The quantitative estimate of drug-likeness (QED) is 0.613. The molecule has 0 aromatic carbocycles. The van der Waals surface area contributed by atoms with E-state index in [9.17, 15) is 4.79 Å². The van der Waals surface area contributed by atoms with Crippen LogP contribution in [0, 0.1) is 5.92 Å². The van der Waals surface area contributed by atoms with E-state index < -0.39 is 0 Å². The zero-order valence-electron chi connectivity index (χ0n) is 9.24. The molecule has 88 valence electrons. The summed E-state index contributed by atoms with van der Waals surface area (Å²) >= 11 is 1.64. The van der Waals surface area contributed by atoms with Crippen LogP contribution in [0.4, 0.5) is 0 Å². The molecule has 0 unspecified atom stereocenters. The molecule has 1 fully saturated rings. The predicted molar refractivity (Wildman–Crippen MR) is 65.8 cm³/mol. The third-order valence-corrected chi connectivity index (χ3v) is 3.79. The van der Waals surface area contributed by atoms with Gasteiger partial charge in [0.05, 0.1) is 0 Å². The number of piperidine rings is 1. The fourth-order valence-electron chi connectivity index (χ4n) is 1.92. The van der Waals surface area contributed by atoms with Crippen molar-refractivity contribution in [2.75, 3.05) is 18.8 Å². The van der Waals surface area contributed by atoms with Gasteiger partial charge in [0.2, 0.25) is 0 Å². The van der Waals surface area contributed by atoms with Crippen LogP contribution in [0.1, 0.15) is 19.3 Å². The maximum absolute atomic E-state index is 11.0. The monoisotopic (exact) mass is 239 g/mol. The SMILES string of the molecule is O=c1ccnc(SCCC2CCNCC2)[nH]1. The van der Waals surface area contributed by atoms with Gasteiger partial charge in [0, 0.05) is 18.0 Å². The van der Waals surface area contributed by atoms with Crippen LogP contribution in [0.5, 0.6) is 0 Å². The van der Waals surface area contributed by atoms with Gasteiger partial charge in [-0.05, 0) is 38.3 Å². The highest BCUT2D eigenvalue weighted by atomic mass is 32.2. The van der Waals surface area contributed by atoms with Gasteiger partial charge in [0.15, 0.2) is 5.16 Å². The van der Waals surface area contributed by atoms with Gasteiger partial charge in [-0.2, -0.15) is 0 Å². The molecule has 1 saturated heterocycles. The lowest BCUT2D eigenvalue weighted by Gasteiger charge is -2.21. The zero-order chi connectivity index (χ0) is 11.2. The van der Waals surface area contributed by atoms with Gasteiger partial charge in [-0.25, -0.2) is 4.98 Å². The third kappa shape index (κ3) is 3.64. The number of nitrogens with one attached hydrogen (secondary N) is 2. The van der Waals surface area contributed by atoms with Crippen molar-refractivity contribution in [2.45, 2.75) is 24.4 Å².